The van der Waals surface area contributed by atoms with Crippen LogP contribution >= 0.6 is 11.8 Å². The van der Waals surface area contributed by atoms with Crippen LogP contribution in [0.4, 0.5) is 0 Å². The molecule has 0 radical (unpaired) electrons. The van der Waals surface area contributed by atoms with E-state index in [1.54, 1.807) is 16.7 Å². The van der Waals surface area contributed by atoms with E-state index in [0.717, 1.165) is 13.1 Å². The zero-order valence-electron chi connectivity index (χ0n) is 10.7. The van der Waals surface area contributed by atoms with Crippen LogP contribution in [-0.2, 0) is 9.59 Å². The normalized spacial score (nSPS) is 16.8. The van der Waals surface area contributed by atoms with E-state index >= 15 is 0 Å². The maximum Gasteiger partial charge on any atom is 0.311 e. The minimum absolute atomic E-state index is 0.0423. The van der Waals surface area contributed by atoms with Crippen LogP contribution in [0.3, 0.4) is 0 Å². The Balaban J connectivity index is 2.39. The summed E-state index contributed by atoms with van der Waals surface area (Å²) in [7, 11) is 0. The largest absolute Gasteiger partial charge is 0.346 e. The minimum atomic E-state index is -0.492. The summed E-state index contributed by atoms with van der Waals surface area (Å²) in [5, 5.41) is 5.84. The summed E-state index contributed by atoms with van der Waals surface area (Å²) in [6.45, 7) is 7.31. The average molecular weight is 259 g/mol. The lowest BCUT2D eigenvalue weighted by molar-refractivity contribution is -0.146. The number of nitrogens with one attached hydrogen (secondary N) is 2. The van der Waals surface area contributed by atoms with Gasteiger partial charge in [0.1, 0.15) is 0 Å². The van der Waals surface area contributed by atoms with Crippen LogP contribution in [0.5, 0.6) is 0 Å². The molecule has 0 saturated carbocycles. The van der Waals surface area contributed by atoms with E-state index in [9.17, 15) is 9.59 Å². The van der Waals surface area contributed by atoms with Crippen molar-refractivity contribution >= 4 is 23.6 Å². The molecule has 0 bridgehead atoms. The van der Waals surface area contributed by atoms with Crippen LogP contribution in [0.25, 0.3) is 0 Å². The molecule has 1 aliphatic rings. The molecule has 1 heterocycles. The lowest BCUT2D eigenvalue weighted by Gasteiger charge is -2.27. The fourth-order valence-corrected chi connectivity index (χ4v) is 1.67. The number of nitrogens with zero attached hydrogens (tertiary/aromatic N) is 1. The van der Waals surface area contributed by atoms with Gasteiger partial charge in [-0.25, -0.2) is 0 Å². The number of piperazine rings is 1. The Bertz CT molecular complexity index is 288. The molecule has 98 valence electrons. The molecule has 2 N–H and O–H groups in total. The fraction of sp³-hybridized carbons (Fsp3) is 0.818. The van der Waals surface area contributed by atoms with Crippen LogP contribution < -0.4 is 10.6 Å². The predicted octanol–water partition coefficient (Wildman–Crippen LogP) is -0.324. The topological polar surface area (TPSA) is 61.4 Å². The Kier molecular flexibility index (Phi) is 5.27. The van der Waals surface area contributed by atoms with Gasteiger partial charge in [0.15, 0.2) is 0 Å². The van der Waals surface area contributed by atoms with Crippen molar-refractivity contribution in [3.63, 3.8) is 0 Å². The van der Waals surface area contributed by atoms with Crippen LogP contribution in [0.2, 0.25) is 0 Å². The van der Waals surface area contributed by atoms with E-state index in [0.29, 0.717) is 19.6 Å². The number of hydrogen-bond donors (Lipinski definition) is 2. The zero-order valence-corrected chi connectivity index (χ0v) is 11.5. The van der Waals surface area contributed by atoms with Crippen LogP contribution in [0.15, 0.2) is 0 Å². The van der Waals surface area contributed by atoms with Crippen molar-refractivity contribution in [3.05, 3.63) is 0 Å². The standard InChI is InChI=1S/C11H21N3O2S/c1-11(2,17-3)8-13-9(15)10(16)14-6-4-12-5-7-14/h12H,4-8H2,1-3H3,(H,13,15). The first-order chi connectivity index (χ1) is 7.96. The van der Waals surface area contributed by atoms with Gasteiger partial charge in [0.25, 0.3) is 0 Å². The van der Waals surface area contributed by atoms with E-state index in [1.165, 1.54) is 0 Å². The molecule has 17 heavy (non-hydrogen) atoms. The van der Waals surface area contributed by atoms with Crippen LogP contribution in [0.1, 0.15) is 13.8 Å². The number of hydrogen-bond acceptors (Lipinski definition) is 4. The van der Waals surface area contributed by atoms with Crippen molar-refractivity contribution in [2.45, 2.75) is 18.6 Å². The highest BCUT2D eigenvalue weighted by molar-refractivity contribution is 7.99. The van der Waals surface area contributed by atoms with Gasteiger partial charge >= 0.3 is 11.8 Å². The second-order valence-electron chi connectivity index (χ2n) is 4.69. The van der Waals surface area contributed by atoms with Gasteiger partial charge in [0.2, 0.25) is 0 Å². The summed E-state index contributed by atoms with van der Waals surface area (Å²) in [5.41, 5.74) is 0. The number of amides is 2. The first kappa shape index (κ1) is 14.3. The quantitative estimate of drug-likeness (QED) is 0.682. The van der Waals surface area contributed by atoms with Gasteiger partial charge in [0.05, 0.1) is 0 Å². The fourth-order valence-electron chi connectivity index (χ4n) is 1.45. The third-order valence-electron chi connectivity index (χ3n) is 2.83. The molecule has 5 nitrogen and oxygen atoms in total. The SMILES string of the molecule is CSC(C)(C)CNC(=O)C(=O)N1CCNCC1. The van der Waals surface area contributed by atoms with Crippen molar-refractivity contribution in [2.24, 2.45) is 0 Å². The maximum absolute atomic E-state index is 11.8. The molecule has 6 heteroatoms. The van der Waals surface area contributed by atoms with Crippen molar-refractivity contribution in [1.29, 1.82) is 0 Å². The highest BCUT2D eigenvalue weighted by Crippen LogP contribution is 2.19. The molecule has 0 aromatic carbocycles. The first-order valence-electron chi connectivity index (χ1n) is 5.79. The van der Waals surface area contributed by atoms with Crippen molar-refractivity contribution < 1.29 is 9.59 Å². The lowest BCUT2D eigenvalue weighted by Crippen LogP contribution is -2.52. The molecule has 0 unspecified atom stereocenters. The highest BCUT2D eigenvalue weighted by Gasteiger charge is 2.25. The van der Waals surface area contributed by atoms with Crippen molar-refractivity contribution in [1.82, 2.24) is 15.5 Å². The smallest absolute Gasteiger partial charge is 0.311 e. The molecule has 0 aromatic heterocycles. The van der Waals surface area contributed by atoms with Crippen molar-refractivity contribution in [2.75, 3.05) is 39.0 Å². The molecular weight excluding hydrogens is 238 g/mol. The summed E-state index contributed by atoms with van der Waals surface area (Å²) >= 11 is 1.67. The van der Waals surface area contributed by atoms with Gasteiger partial charge in [-0.15, -0.1) is 0 Å². The lowest BCUT2D eigenvalue weighted by atomic mass is 10.2. The third kappa shape index (κ3) is 4.55. The van der Waals surface area contributed by atoms with E-state index in [2.05, 4.69) is 10.6 Å². The molecule has 0 aliphatic carbocycles. The summed E-state index contributed by atoms with van der Waals surface area (Å²) in [5.74, 6) is -0.905. The molecule has 1 fully saturated rings. The van der Waals surface area contributed by atoms with Gasteiger partial charge in [-0.05, 0) is 20.1 Å². The average Bonchev–Trinajstić information content (AvgIpc) is 2.36. The summed E-state index contributed by atoms with van der Waals surface area (Å²) in [6, 6.07) is 0. The second kappa shape index (κ2) is 6.26. The molecule has 1 aliphatic heterocycles. The molecule has 0 aromatic rings. The Morgan fingerprint density at radius 1 is 1.35 bits per heavy atom. The monoisotopic (exact) mass is 259 g/mol. The summed E-state index contributed by atoms with van der Waals surface area (Å²) in [4.78, 5) is 25.1. The molecule has 0 spiro atoms. The van der Waals surface area contributed by atoms with Gasteiger partial charge in [0, 0.05) is 37.5 Å². The van der Waals surface area contributed by atoms with Gasteiger partial charge < -0.3 is 15.5 Å². The first-order valence-corrected chi connectivity index (χ1v) is 7.02. The van der Waals surface area contributed by atoms with E-state index in [4.69, 9.17) is 0 Å². The summed E-state index contributed by atoms with van der Waals surface area (Å²) < 4.78 is -0.0423. The zero-order chi connectivity index (χ0) is 12.9. The molecule has 0 atom stereocenters. The highest BCUT2D eigenvalue weighted by atomic mass is 32.2. The number of rotatable bonds is 3. The minimum Gasteiger partial charge on any atom is -0.346 e. The van der Waals surface area contributed by atoms with Gasteiger partial charge in [-0.3, -0.25) is 9.59 Å². The Labute approximate surface area is 107 Å². The number of thioether (sulfide) groups is 1. The molecular formula is C11H21N3O2S. The number of carbonyl (C=O) groups is 2. The third-order valence-corrected chi connectivity index (χ3v) is 4.08. The molecule has 1 rings (SSSR count). The van der Waals surface area contributed by atoms with Crippen molar-refractivity contribution in [3.8, 4) is 0 Å². The van der Waals surface area contributed by atoms with Gasteiger partial charge in [-0.1, -0.05) is 0 Å². The Morgan fingerprint density at radius 3 is 2.47 bits per heavy atom. The Morgan fingerprint density at radius 2 is 1.94 bits per heavy atom. The maximum atomic E-state index is 11.8. The second-order valence-corrected chi connectivity index (χ2v) is 6.20. The predicted molar refractivity (Wildman–Crippen MR) is 70.1 cm³/mol. The molecule has 1 saturated heterocycles. The van der Waals surface area contributed by atoms with E-state index in [1.807, 2.05) is 20.1 Å². The van der Waals surface area contributed by atoms with E-state index < -0.39 is 11.8 Å². The van der Waals surface area contributed by atoms with Crippen LogP contribution in [0, 0.1) is 0 Å². The summed E-state index contributed by atoms with van der Waals surface area (Å²) in [6.07, 6.45) is 1.99. The van der Waals surface area contributed by atoms with Gasteiger partial charge in [-0.2, -0.15) is 11.8 Å². The Hall–Kier alpha value is -0.750. The van der Waals surface area contributed by atoms with Crippen LogP contribution in [-0.4, -0.2) is 60.4 Å². The number of carbonyl (C=O) groups excluding carboxylic acids is 2. The molecule has 2 amide bonds. The van der Waals surface area contributed by atoms with E-state index in [-0.39, 0.29) is 4.75 Å².